The number of halogens is 2. The third-order valence-electron chi connectivity index (χ3n) is 9.61. The molecule has 340 valence electrons. The Kier molecular flexibility index (Phi) is 12.6. The number of aromatic amines is 1. The van der Waals surface area contributed by atoms with E-state index in [0.717, 1.165) is 10.8 Å². The van der Waals surface area contributed by atoms with E-state index < -0.39 is 82.6 Å². The molecule has 1 amide bonds. The first-order valence-corrected chi connectivity index (χ1v) is 23.1. The Morgan fingerprint density at radius 2 is 1.55 bits per heavy atom. The number of esters is 1. The second-order valence-electron chi connectivity index (χ2n) is 13.5. The van der Waals surface area contributed by atoms with Crippen molar-refractivity contribution in [3.63, 3.8) is 0 Å². The number of ether oxygens (including phenoxy) is 5. The highest BCUT2D eigenvalue weighted by Gasteiger charge is 2.56. The zero-order valence-electron chi connectivity index (χ0n) is 32.3. The number of phenolic OH excluding ortho intramolecular Hbond substituents is 2. The van der Waals surface area contributed by atoms with Crippen molar-refractivity contribution in [2.24, 2.45) is 0 Å². The van der Waals surface area contributed by atoms with Crippen LogP contribution < -0.4 is 30.8 Å². The van der Waals surface area contributed by atoms with Crippen molar-refractivity contribution in [1.29, 1.82) is 0 Å². The van der Waals surface area contributed by atoms with Crippen LogP contribution in [0.1, 0.15) is 62.0 Å². The summed E-state index contributed by atoms with van der Waals surface area (Å²) in [5.41, 5.74) is -3.71. The number of aromatic nitrogens is 2. The number of hydrogen-bond acceptors (Lipinski definition) is 17. The number of benzene rings is 3. The summed E-state index contributed by atoms with van der Waals surface area (Å²) in [6.07, 6.45) is -0.879. The van der Waals surface area contributed by atoms with Gasteiger partial charge in [-0.15, -0.1) is 0 Å². The first-order chi connectivity index (χ1) is 30.0. The average Bonchev–Trinajstić information content (AvgIpc) is 3.80. The predicted molar refractivity (Wildman–Crippen MR) is 215 cm³/mol. The van der Waals surface area contributed by atoms with E-state index in [4.69, 9.17) is 56.7 Å². The molecule has 2 unspecified atom stereocenters. The maximum atomic E-state index is 13.7. The van der Waals surface area contributed by atoms with E-state index in [9.17, 15) is 52.9 Å². The molecule has 4 atom stereocenters. The van der Waals surface area contributed by atoms with Crippen molar-refractivity contribution in [3.05, 3.63) is 101 Å². The minimum Gasteiger partial charge on any atom is -0.503 e. The third kappa shape index (κ3) is 8.92. The summed E-state index contributed by atoms with van der Waals surface area (Å²) in [6.45, 7) is -1.12. The number of H-pyrrole nitrogens is 1. The highest BCUT2D eigenvalue weighted by atomic mass is 35.5. The molecular weight excluding hydrogens is 962 g/mol. The van der Waals surface area contributed by atoms with Gasteiger partial charge in [-0.25, -0.2) is 23.3 Å². The van der Waals surface area contributed by atoms with Crippen LogP contribution in [0.4, 0.5) is 0 Å². The van der Waals surface area contributed by atoms with Crippen LogP contribution in [0, 0.1) is 11.8 Å². The summed E-state index contributed by atoms with van der Waals surface area (Å²) in [5, 5.41) is 23.3. The molecule has 64 heavy (non-hydrogen) atoms. The Labute approximate surface area is 367 Å². The smallest absolute Gasteiger partial charge is 0.490 e. The van der Waals surface area contributed by atoms with Crippen molar-refractivity contribution in [1.82, 2.24) is 14.9 Å². The molecule has 3 aliphatic rings. The van der Waals surface area contributed by atoms with Gasteiger partial charge in [-0.05, 0) is 37.1 Å². The van der Waals surface area contributed by atoms with Gasteiger partial charge in [0.25, 0.3) is 11.5 Å². The van der Waals surface area contributed by atoms with E-state index in [0.29, 0.717) is 0 Å². The summed E-state index contributed by atoms with van der Waals surface area (Å²) >= 11 is 13.1. The Hall–Kier alpha value is -5.21. The van der Waals surface area contributed by atoms with Gasteiger partial charge in [-0.3, -0.25) is 23.7 Å². The summed E-state index contributed by atoms with van der Waals surface area (Å²) in [7, 11) is -14.3. The van der Waals surface area contributed by atoms with E-state index >= 15 is 0 Å². The molecule has 0 aliphatic carbocycles. The van der Waals surface area contributed by atoms with Crippen LogP contribution in [0.25, 0.3) is 0 Å². The lowest BCUT2D eigenvalue weighted by molar-refractivity contribution is -0.0243. The number of hydrogen-bond donors (Lipinski definition) is 8. The van der Waals surface area contributed by atoms with E-state index in [-0.39, 0.29) is 85.8 Å². The second-order valence-corrected chi connectivity index (χ2v) is 18.7. The van der Waals surface area contributed by atoms with Crippen LogP contribution in [0.3, 0.4) is 0 Å². The highest BCUT2D eigenvalue weighted by molar-refractivity contribution is 7.66. The fourth-order valence-corrected chi connectivity index (χ4v) is 10.5. The first kappa shape index (κ1) is 46.8. The molecule has 29 heteroatoms. The molecule has 0 bridgehead atoms. The van der Waals surface area contributed by atoms with E-state index in [1.807, 2.05) is 0 Å². The summed E-state index contributed by atoms with van der Waals surface area (Å²) < 4.78 is 75.7. The van der Waals surface area contributed by atoms with Gasteiger partial charge in [0, 0.05) is 17.3 Å². The molecular formula is C35H30Cl2N3O21P3. The van der Waals surface area contributed by atoms with Gasteiger partial charge in [-0.1, -0.05) is 41.1 Å². The van der Waals surface area contributed by atoms with Gasteiger partial charge >= 0.3 is 35.1 Å². The molecule has 1 aromatic heterocycles. The fourth-order valence-electron chi connectivity index (χ4n) is 6.94. The quantitative estimate of drug-likeness (QED) is 0.0570. The lowest BCUT2D eigenvalue weighted by Gasteiger charge is -2.37. The van der Waals surface area contributed by atoms with Gasteiger partial charge in [0.2, 0.25) is 0 Å². The SMILES string of the molecule is COc1cc2c(c(Cl)c1O)Oc1c(cc(OC)c(O)c1Cl)C21OC(=O)c2cc(C(=O)NCC#Cc3cn([C@H]4CC[C@@H](COP(=O)(O)OP(=O)(O)OP(=O)(O)O)O4)c(=O)[nH]c3=O)ccc21. The maximum Gasteiger partial charge on any atom is 0.490 e. The number of carbonyl (C=O) groups is 2. The third-order valence-corrected chi connectivity index (χ3v) is 14.1. The number of methoxy groups -OCH3 is 2. The minimum atomic E-state index is -5.75. The van der Waals surface area contributed by atoms with Crippen LogP contribution in [-0.4, -0.2) is 84.7 Å². The highest BCUT2D eigenvalue weighted by Crippen LogP contribution is 2.67. The lowest BCUT2D eigenvalue weighted by Crippen LogP contribution is -2.34. The molecule has 4 aromatic rings. The van der Waals surface area contributed by atoms with Crippen LogP contribution in [0.5, 0.6) is 34.5 Å². The van der Waals surface area contributed by atoms with Gasteiger partial charge in [0.05, 0.1) is 50.2 Å². The summed E-state index contributed by atoms with van der Waals surface area (Å²) in [5.74, 6) is 1.91. The number of aromatic hydroxyl groups is 2. The maximum absolute atomic E-state index is 13.7. The summed E-state index contributed by atoms with van der Waals surface area (Å²) in [6, 6.07) is 6.74. The van der Waals surface area contributed by atoms with E-state index in [1.54, 1.807) is 0 Å². The van der Waals surface area contributed by atoms with Crippen molar-refractivity contribution in [2.45, 2.75) is 30.8 Å². The largest absolute Gasteiger partial charge is 0.503 e. The van der Waals surface area contributed by atoms with Gasteiger partial charge in [-0.2, -0.15) is 8.62 Å². The topological polar surface area (TPSA) is 347 Å². The number of phosphoric ester groups is 1. The van der Waals surface area contributed by atoms with Crippen molar-refractivity contribution in [3.8, 4) is 46.3 Å². The Morgan fingerprint density at radius 3 is 2.14 bits per heavy atom. The second kappa shape index (κ2) is 17.3. The predicted octanol–water partition coefficient (Wildman–Crippen LogP) is 3.64. The number of phosphoric acid groups is 3. The Bertz CT molecular complexity index is 2910. The molecule has 4 heterocycles. The zero-order valence-corrected chi connectivity index (χ0v) is 36.5. The number of rotatable bonds is 12. The lowest BCUT2D eigenvalue weighted by atomic mass is 9.77. The number of nitrogens with zero attached hydrogens (tertiary/aromatic N) is 1. The van der Waals surface area contributed by atoms with Crippen molar-refractivity contribution in [2.75, 3.05) is 27.4 Å². The fraction of sp³-hybridized carbons (Fsp3) is 0.257. The number of phenols is 2. The molecule has 0 radical (unpaired) electrons. The molecule has 1 saturated heterocycles. The van der Waals surface area contributed by atoms with Crippen molar-refractivity contribution >= 4 is 58.5 Å². The summed E-state index contributed by atoms with van der Waals surface area (Å²) in [4.78, 5) is 90.8. The number of fused-ring (bicyclic) bond motifs is 6. The van der Waals surface area contributed by atoms with Crippen LogP contribution in [-0.2, 0) is 41.9 Å². The Morgan fingerprint density at radius 1 is 0.922 bits per heavy atom. The molecule has 1 spiro atoms. The number of carbonyl (C=O) groups excluding carboxylic acids is 2. The number of nitrogens with one attached hydrogen (secondary N) is 2. The molecule has 7 rings (SSSR count). The normalized spacial score (nSPS) is 18.8. The number of amides is 1. The minimum absolute atomic E-state index is 0.0306. The van der Waals surface area contributed by atoms with E-state index in [1.165, 1.54) is 44.6 Å². The van der Waals surface area contributed by atoms with Gasteiger partial charge in [0.15, 0.2) is 40.1 Å². The molecule has 8 N–H and O–H groups in total. The molecule has 24 nitrogen and oxygen atoms in total. The van der Waals surface area contributed by atoms with Gasteiger partial charge in [0.1, 0.15) is 21.8 Å². The van der Waals surface area contributed by atoms with Crippen LogP contribution >= 0.6 is 46.7 Å². The molecule has 3 aliphatic heterocycles. The van der Waals surface area contributed by atoms with Crippen molar-refractivity contribution < 1.29 is 89.9 Å². The first-order valence-electron chi connectivity index (χ1n) is 17.8. The molecule has 1 fully saturated rings. The van der Waals surface area contributed by atoms with Crippen LogP contribution in [0.2, 0.25) is 10.0 Å². The monoisotopic (exact) mass is 991 g/mol. The average molecular weight is 992 g/mol. The van der Waals surface area contributed by atoms with Crippen LogP contribution in [0.15, 0.2) is 46.1 Å². The Balaban J connectivity index is 1.07. The standard InChI is InChI=1S/C35H30Cl2N3O21P3/c1-54-22-11-20-29(25(36)27(22)41)58-30-21(12-23(55-2)28(42)26(30)37)35(20)19-7-5-15(10-18(19)33(45)59-35)31(43)38-9-3-4-16-13-40(34(46)39-32(16)44)24-8-6-17(57-24)14-56-63(50,51)61-64(52,53)60-62(47,48)49/h5,7,10-13,17,24,41-42H,6,8-9,14H2,1-2H3,(H,38,43)(H,50,51)(H,52,53)(H,39,44,46)(H2,47,48,49)/t17-,24+/m0/s1. The molecule has 0 saturated carbocycles. The van der Waals surface area contributed by atoms with Gasteiger partial charge < -0.3 is 58.8 Å². The molecule has 3 aromatic carbocycles. The zero-order chi connectivity index (χ0) is 46.7. The van der Waals surface area contributed by atoms with E-state index in [2.05, 4.69) is 35.3 Å².